The first kappa shape index (κ1) is 18.5. The van der Waals surface area contributed by atoms with E-state index in [0.29, 0.717) is 37.4 Å². The number of amides is 2. The maximum atomic E-state index is 12.8. The van der Waals surface area contributed by atoms with Crippen molar-refractivity contribution in [3.8, 4) is 18.0 Å². The van der Waals surface area contributed by atoms with E-state index in [1.54, 1.807) is 41.6 Å². The average Bonchev–Trinajstić information content (AvgIpc) is 3.12. The predicted molar refractivity (Wildman–Crippen MR) is 101 cm³/mol. The van der Waals surface area contributed by atoms with Crippen molar-refractivity contribution in [2.24, 2.45) is 0 Å². The van der Waals surface area contributed by atoms with Crippen LogP contribution in [-0.2, 0) is 4.79 Å². The molecule has 0 radical (unpaired) electrons. The quantitative estimate of drug-likeness (QED) is 0.709. The number of carbonyl (C=O) groups is 2. The highest BCUT2D eigenvalue weighted by atomic mass is 16.2. The molecule has 1 fully saturated rings. The Bertz CT molecular complexity index is 916. The summed E-state index contributed by atoms with van der Waals surface area (Å²) >= 11 is 0. The second-order valence-electron chi connectivity index (χ2n) is 6.23. The summed E-state index contributed by atoms with van der Waals surface area (Å²) in [6.07, 6.45) is 8.30. The molecule has 0 bridgehead atoms. The highest BCUT2D eigenvalue weighted by molar-refractivity contribution is 5.94. The number of piperazine rings is 1. The van der Waals surface area contributed by atoms with Crippen molar-refractivity contribution in [1.82, 2.24) is 24.7 Å². The molecule has 1 aliphatic rings. The number of H-pyrrole nitrogens is 1. The molecule has 1 aromatic carbocycles. The number of aromatic amines is 1. The summed E-state index contributed by atoms with van der Waals surface area (Å²) in [5.41, 5.74) is 0.910. The van der Waals surface area contributed by atoms with E-state index in [-0.39, 0.29) is 30.6 Å². The lowest BCUT2D eigenvalue weighted by molar-refractivity contribution is -0.122. The van der Waals surface area contributed by atoms with E-state index in [4.69, 9.17) is 6.42 Å². The van der Waals surface area contributed by atoms with Gasteiger partial charge < -0.3 is 15.2 Å². The normalized spacial score (nSPS) is 14.6. The Balaban J connectivity index is 1.60. The van der Waals surface area contributed by atoms with Crippen LogP contribution in [0.1, 0.15) is 10.4 Å². The molecule has 140 valence electrons. The maximum Gasteiger partial charge on any atom is 0.330 e. The summed E-state index contributed by atoms with van der Waals surface area (Å²) in [6, 6.07) is 6.98. The lowest BCUT2D eigenvalue weighted by atomic mass is 10.1. The minimum Gasteiger partial charge on any atom is -0.344 e. The van der Waals surface area contributed by atoms with Crippen LogP contribution in [0, 0.1) is 12.3 Å². The summed E-state index contributed by atoms with van der Waals surface area (Å²) in [5.74, 6) is 2.17. The summed E-state index contributed by atoms with van der Waals surface area (Å²) < 4.78 is 1.45. The van der Waals surface area contributed by atoms with Gasteiger partial charge in [-0.05, 0) is 18.2 Å². The van der Waals surface area contributed by atoms with Gasteiger partial charge in [-0.2, -0.15) is 0 Å². The fourth-order valence-corrected chi connectivity index (χ4v) is 3.01. The molecule has 8 heteroatoms. The molecule has 2 heterocycles. The predicted octanol–water partition coefficient (Wildman–Crippen LogP) is -0.327. The van der Waals surface area contributed by atoms with E-state index in [9.17, 15) is 14.4 Å². The fourth-order valence-electron chi connectivity index (χ4n) is 3.01. The molecule has 2 amide bonds. The molecule has 0 atom stereocenters. The number of terminal acetylenes is 1. The van der Waals surface area contributed by atoms with Gasteiger partial charge in [0.05, 0.1) is 18.8 Å². The number of nitrogens with one attached hydrogen (secondary N) is 2. The van der Waals surface area contributed by atoms with Crippen LogP contribution in [0.15, 0.2) is 41.5 Å². The lowest BCUT2D eigenvalue weighted by Crippen LogP contribution is -2.51. The minimum absolute atomic E-state index is 0.0862. The van der Waals surface area contributed by atoms with Crippen LogP contribution < -0.4 is 11.0 Å². The van der Waals surface area contributed by atoms with Crippen molar-refractivity contribution in [2.75, 3.05) is 39.3 Å². The molecule has 0 spiro atoms. The number of benzene rings is 1. The molecule has 1 aromatic heterocycles. The van der Waals surface area contributed by atoms with Gasteiger partial charge in [-0.25, -0.2) is 4.79 Å². The molecule has 1 aliphatic heterocycles. The van der Waals surface area contributed by atoms with Gasteiger partial charge in [0.15, 0.2) is 0 Å². The first-order valence-electron chi connectivity index (χ1n) is 8.67. The van der Waals surface area contributed by atoms with Gasteiger partial charge in [0, 0.05) is 44.1 Å². The number of hydrogen-bond acceptors (Lipinski definition) is 4. The Morgan fingerprint density at radius 3 is 2.67 bits per heavy atom. The molecule has 0 saturated carbocycles. The summed E-state index contributed by atoms with van der Waals surface area (Å²) in [4.78, 5) is 42.6. The molecule has 2 N–H and O–H groups in total. The van der Waals surface area contributed by atoms with Crippen LogP contribution in [0.3, 0.4) is 0 Å². The van der Waals surface area contributed by atoms with E-state index in [1.807, 2.05) is 4.90 Å². The average molecular weight is 367 g/mol. The van der Waals surface area contributed by atoms with E-state index >= 15 is 0 Å². The van der Waals surface area contributed by atoms with E-state index < -0.39 is 0 Å². The minimum atomic E-state index is -0.253. The monoisotopic (exact) mass is 367 g/mol. The van der Waals surface area contributed by atoms with Gasteiger partial charge in [-0.1, -0.05) is 12.0 Å². The Morgan fingerprint density at radius 2 is 2.00 bits per heavy atom. The summed E-state index contributed by atoms with van der Waals surface area (Å²) in [6.45, 7) is 2.80. The molecule has 3 rings (SSSR count). The Morgan fingerprint density at radius 1 is 1.22 bits per heavy atom. The highest BCUT2D eigenvalue weighted by Crippen LogP contribution is 2.13. The van der Waals surface area contributed by atoms with Crippen LogP contribution >= 0.6 is 0 Å². The summed E-state index contributed by atoms with van der Waals surface area (Å²) in [7, 11) is 0. The van der Waals surface area contributed by atoms with Gasteiger partial charge in [0.25, 0.3) is 5.91 Å². The first-order chi connectivity index (χ1) is 13.1. The highest BCUT2D eigenvalue weighted by Gasteiger charge is 2.23. The number of nitrogens with zero attached hydrogens (tertiary/aromatic N) is 3. The van der Waals surface area contributed by atoms with Crippen LogP contribution in [0.4, 0.5) is 0 Å². The third-order valence-electron chi connectivity index (χ3n) is 4.43. The van der Waals surface area contributed by atoms with Crippen LogP contribution in [0.25, 0.3) is 5.69 Å². The summed E-state index contributed by atoms with van der Waals surface area (Å²) in [5, 5.41) is 2.64. The lowest BCUT2D eigenvalue weighted by Gasteiger charge is -2.34. The topological polar surface area (TPSA) is 90.4 Å². The van der Waals surface area contributed by atoms with Gasteiger partial charge >= 0.3 is 5.69 Å². The fraction of sp³-hybridized carbons (Fsp3) is 0.316. The number of rotatable bonds is 5. The molecule has 2 aromatic rings. The maximum absolute atomic E-state index is 12.8. The number of imidazole rings is 1. The Labute approximate surface area is 156 Å². The van der Waals surface area contributed by atoms with Gasteiger partial charge in [0.2, 0.25) is 5.91 Å². The zero-order valence-corrected chi connectivity index (χ0v) is 14.9. The Hall–Kier alpha value is -3.31. The van der Waals surface area contributed by atoms with Crippen molar-refractivity contribution in [3.63, 3.8) is 0 Å². The smallest absolute Gasteiger partial charge is 0.330 e. The van der Waals surface area contributed by atoms with Crippen molar-refractivity contribution >= 4 is 11.8 Å². The van der Waals surface area contributed by atoms with Crippen LogP contribution in [0.5, 0.6) is 0 Å². The standard InChI is InChI=1S/C19H21N5O3/c1-2-6-20-17(25)14-22-9-11-23(12-10-22)18(26)15-4-3-5-16(13-15)24-8-7-21-19(24)27/h1,3-5,7-8,13H,6,9-12,14H2,(H,20,25)(H,21,27). The molecular formula is C19H21N5O3. The van der Waals surface area contributed by atoms with Crippen LogP contribution in [-0.4, -0.2) is 70.4 Å². The second kappa shape index (κ2) is 8.38. The molecule has 8 nitrogen and oxygen atoms in total. The van der Waals surface area contributed by atoms with Crippen molar-refractivity contribution < 1.29 is 9.59 Å². The molecule has 0 unspecified atom stereocenters. The van der Waals surface area contributed by atoms with Gasteiger partial charge in [0.1, 0.15) is 0 Å². The molecule has 27 heavy (non-hydrogen) atoms. The molecule has 1 saturated heterocycles. The van der Waals surface area contributed by atoms with Crippen molar-refractivity contribution in [3.05, 3.63) is 52.7 Å². The van der Waals surface area contributed by atoms with Gasteiger partial charge in [-0.15, -0.1) is 6.42 Å². The third kappa shape index (κ3) is 4.46. The number of aromatic nitrogens is 2. The third-order valence-corrected chi connectivity index (χ3v) is 4.43. The molecular weight excluding hydrogens is 346 g/mol. The SMILES string of the molecule is C#CCNC(=O)CN1CCN(C(=O)c2cccc(-n3cc[nH]c3=O)c2)CC1. The van der Waals surface area contributed by atoms with Crippen LogP contribution in [0.2, 0.25) is 0 Å². The van der Waals surface area contributed by atoms with E-state index in [2.05, 4.69) is 16.2 Å². The second-order valence-corrected chi connectivity index (χ2v) is 6.23. The zero-order valence-electron chi connectivity index (χ0n) is 14.9. The Kier molecular flexibility index (Phi) is 5.74. The van der Waals surface area contributed by atoms with E-state index in [0.717, 1.165) is 0 Å². The largest absolute Gasteiger partial charge is 0.344 e. The first-order valence-corrected chi connectivity index (χ1v) is 8.67. The zero-order chi connectivity index (χ0) is 19.2. The van der Waals surface area contributed by atoms with E-state index in [1.165, 1.54) is 4.57 Å². The number of hydrogen-bond donors (Lipinski definition) is 2. The van der Waals surface area contributed by atoms with Crippen molar-refractivity contribution in [2.45, 2.75) is 0 Å². The van der Waals surface area contributed by atoms with Crippen molar-refractivity contribution in [1.29, 1.82) is 0 Å². The number of carbonyl (C=O) groups excluding carboxylic acids is 2. The van der Waals surface area contributed by atoms with Gasteiger partial charge in [-0.3, -0.25) is 19.1 Å². The molecule has 0 aliphatic carbocycles.